The van der Waals surface area contributed by atoms with Gasteiger partial charge < -0.3 is 25.2 Å². The maximum atomic E-state index is 13.8. The molecule has 3 aromatic rings. The van der Waals surface area contributed by atoms with E-state index in [-0.39, 0.29) is 5.91 Å². The van der Waals surface area contributed by atoms with Gasteiger partial charge in [0, 0.05) is 42.6 Å². The quantitative estimate of drug-likeness (QED) is 0.396. The zero-order chi connectivity index (χ0) is 30.4. The Labute approximate surface area is 259 Å². The van der Waals surface area contributed by atoms with E-state index in [1.807, 2.05) is 14.0 Å². The number of hydrogen-bond donors (Lipinski definition) is 2. The van der Waals surface area contributed by atoms with Gasteiger partial charge in [-0.15, -0.1) is 0 Å². The first-order valence-corrected chi connectivity index (χ1v) is 16.2. The van der Waals surface area contributed by atoms with E-state index in [0.717, 1.165) is 47.7 Å². The van der Waals surface area contributed by atoms with Crippen molar-refractivity contribution in [3.8, 4) is 17.1 Å². The highest BCUT2D eigenvalue weighted by Gasteiger charge is 2.36. The van der Waals surface area contributed by atoms with Gasteiger partial charge in [-0.3, -0.25) is 9.78 Å². The first-order valence-electron chi connectivity index (χ1n) is 16.2. The summed E-state index contributed by atoms with van der Waals surface area (Å²) >= 11 is 0. The number of aryl methyl sites for hydroxylation is 2. The van der Waals surface area contributed by atoms with Gasteiger partial charge >= 0.3 is 0 Å². The number of aromatic nitrogens is 3. The Morgan fingerprint density at radius 3 is 2.61 bits per heavy atom. The van der Waals surface area contributed by atoms with Crippen LogP contribution in [0.5, 0.6) is 5.88 Å². The first-order chi connectivity index (χ1) is 21.3. The van der Waals surface area contributed by atoms with Gasteiger partial charge in [0.15, 0.2) is 0 Å². The van der Waals surface area contributed by atoms with Gasteiger partial charge in [-0.2, -0.15) is 10.1 Å². The number of benzene rings is 1. The molecular weight excluding hydrogens is 552 g/mol. The number of pyridine rings is 1. The summed E-state index contributed by atoms with van der Waals surface area (Å²) in [5.74, 6) is 2.15. The molecule has 10 heteroatoms. The molecule has 2 saturated carbocycles. The van der Waals surface area contributed by atoms with Gasteiger partial charge in [0.1, 0.15) is 0 Å². The number of ether oxygens (including phenoxy) is 1. The second-order valence-corrected chi connectivity index (χ2v) is 13.3. The van der Waals surface area contributed by atoms with Crippen LogP contribution >= 0.6 is 0 Å². The van der Waals surface area contributed by atoms with Crippen LogP contribution in [0.25, 0.3) is 11.3 Å². The van der Waals surface area contributed by atoms with Gasteiger partial charge in [-0.25, -0.2) is 4.68 Å². The zero-order valence-electron chi connectivity index (χ0n) is 26.3. The molecule has 2 N–H and O–H groups in total. The standard InChI is InChI=1S/C34H44N8O2/c1-21-16-24-17-30(36-21)28-19-35-41(4)33(28)44-15-5-6-23(22-7-8-22)20-42-31-18-26(11-14-29(31)38-34(42)39-32(24)43)37-25-9-12-27(13-10-25)40(2)3/h11,14,16-19,22-23,25,27,37H,5-10,12-13,15,20H2,1-4H3,(H,38,39,43)/t23-,25-,27-/m1/s1. The summed E-state index contributed by atoms with van der Waals surface area (Å²) in [5, 5.41) is 11.8. The molecule has 2 aromatic heterocycles. The van der Waals surface area contributed by atoms with Crippen LogP contribution in [-0.2, 0) is 7.05 Å². The summed E-state index contributed by atoms with van der Waals surface area (Å²) in [4.78, 5) is 27.8. The highest BCUT2D eigenvalue weighted by atomic mass is 16.5. The number of anilines is 3. The van der Waals surface area contributed by atoms with E-state index in [0.29, 0.717) is 53.6 Å². The van der Waals surface area contributed by atoms with Gasteiger partial charge in [-0.05, 0) is 115 Å². The smallest absolute Gasteiger partial charge is 0.280 e. The Morgan fingerprint density at radius 1 is 1.02 bits per heavy atom. The van der Waals surface area contributed by atoms with Crippen LogP contribution in [0.3, 0.4) is 0 Å². The maximum Gasteiger partial charge on any atom is 0.280 e. The van der Waals surface area contributed by atoms with E-state index in [1.165, 1.54) is 38.5 Å². The number of nitrogens with one attached hydrogen (secondary N) is 2. The molecule has 2 aliphatic carbocycles. The lowest BCUT2D eigenvalue weighted by Gasteiger charge is -2.33. The molecule has 232 valence electrons. The lowest BCUT2D eigenvalue weighted by Crippen LogP contribution is -2.37. The number of carbonyl (C=O) groups excluding carboxylic acids is 1. The third kappa shape index (κ3) is 5.92. The van der Waals surface area contributed by atoms with Crippen molar-refractivity contribution in [2.75, 3.05) is 42.8 Å². The zero-order valence-corrected chi connectivity index (χ0v) is 26.3. The van der Waals surface area contributed by atoms with Gasteiger partial charge in [-0.1, -0.05) is 0 Å². The molecule has 1 atom stereocenters. The molecule has 2 aliphatic heterocycles. The molecule has 10 nitrogen and oxygen atoms in total. The van der Waals surface area contributed by atoms with Crippen molar-refractivity contribution in [1.82, 2.24) is 19.7 Å². The average Bonchev–Trinajstić information content (AvgIpc) is 3.71. The monoisotopic (exact) mass is 596 g/mol. The molecule has 4 heterocycles. The predicted molar refractivity (Wildman–Crippen MR) is 175 cm³/mol. The highest BCUT2D eigenvalue weighted by Crippen LogP contribution is 2.43. The SMILES string of the molecule is Cc1cc2cc(n1)-c1cnn(C)c1OCCC[C@@H](C1CC1)CN1/C(=N/C2=O)Nc2ccc(N[C@H]3CC[C@H](N(C)C)CC3)cc21. The molecule has 0 radical (unpaired) electrons. The Bertz CT molecular complexity index is 1570. The minimum absolute atomic E-state index is 0.294. The summed E-state index contributed by atoms with van der Waals surface area (Å²) in [6.07, 6.45) is 11.0. The molecule has 2 fully saturated rings. The van der Waals surface area contributed by atoms with Crippen LogP contribution in [0, 0.1) is 18.8 Å². The number of fused-ring (bicyclic) bond motifs is 7. The van der Waals surface area contributed by atoms with Crippen molar-refractivity contribution in [1.29, 1.82) is 0 Å². The number of aliphatic imine (C=N–C) groups is 1. The van der Waals surface area contributed by atoms with Crippen LogP contribution < -0.4 is 20.3 Å². The van der Waals surface area contributed by atoms with Crippen molar-refractivity contribution in [2.45, 2.75) is 70.4 Å². The predicted octanol–water partition coefficient (Wildman–Crippen LogP) is 5.70. The second-order valence-electron chi connectivity index (χ2n) is 13.3. The third-order valence-corrected chi connectivity index (χ3v) is 9.82. The Balaban J connectivity index is 1.21. The van der Waals surface area contributed by atoms with E-state index in [9.17, 15) is 4.79 Å². The fraction of sp³-hybridized carbons (Fsp3) is 0.529. The van der Waals surface area contributed by atoms with Crippen LogP contribution in [-0.4, -0.2) is 70.9 Å². The molecule has 1 amide bonds. The molecule has 7 rings (SSSR count). The van der Waals surface area contributed by atoms with Gasteiger partial charge in [0.25, 0.3) is 5.91 Å². The number of hydrogen-bond acceptors (Lipinski definition) is 8. The summed E-state index contributed by atoms with van der Waals surface area (Å²) in [6, 6.07) is 11.3. The Kier molecular flexibility index (Phi) is 7.78. The van der Waals surface area contributed by atoms with E-state index in [1.54, 1.807) is 23.0 Å². The molecule has 2 bridgehead atoms. The molecule has 44 heavy (non-hydrogen) atoms. The van der Waals surface area contributed by atoms with Crippen LogP contribution in [0.15, 0.2) is 41.5 Å². The topological polar surface area (TPSA) is 99.9 Å². The summed E-state index contributed by atoms with van der Waals surface area (Å²) in [7, 11) is 6.25. The van der Waals surface area contributed by atoms with Crippen LogP contribution in [0.4, 0.5) is 17.1 Å². The minimum Gasteiger partial charge on any atom is -0.477 e. The summed E-state index contributed by atoms with van der Waals surface area (Å²) < 4.78 is 8.05. The van der Waals surface area contributed by atoms with E-state index < -0.39 is 0 Å². The lowest BCUT2D eigenvalue weighted by molar-refractivity contribution is 0.100. The number of guanidine groups is 1. The first kappa shape index (κ1) is 28.8. The third-order valence-electron chi connectivity index (χ3n) is 9.82. The second kappa shape index (κ2) is 11.9. The summed E-state index contributed by atoms with van der Waals surface area (Å²) in [6.45, 7) is 3.31. The molecular formula is C34H44N8O2. The van der Waals surface area contributed by atoms with Gasteiger partial charge in [0.05, 0.1) is 35.4 Å². The van der Waals surface area contributed by atoms with E-state index >= 15 is 0 Å². The number of nitrogens with zero attached hydrogens (tertiary/aromatic N) is 6. The fourth-order valence-corrected chi connectivity index (χ4v) is 7.15. The number of carbonyl (C=O) groups is 1. The fourth-order valence-electron chi connectivity index (χ4n) is 7.15. The lowest BCUT2D eigenvalue weighted by atomic mass is 9.90. The Morgan fingerprint density at radius 2 is 1.84 bits per heavy atom. The number of rotatable bonds is 4. The highest BCUT2D eigenvalue weighted by molar-refractivity contribution is 6.19. The maximum absolute atomic E-state index is 13.8. The molecule has 4 aliphatic rings. The largest absolute Gasteiger partial charge is 0.477 e. The van der Waals surface area contributed by atoms with Crippen molar-refractivity contribution in [2.24, 2.45) is 23.9 Å². The number of amides is 1. The molecule has 1 aromatic carbocycles. The van der Waals surface area contributed by atoms with Crippen molar-refractivity contribution >= 4 is 28.9 Å². The van der Waals surface area contributed by atoms with E-state index in [4.69, 9.17) is 14.7 Å². The minimum atomic E-state index is -0.294. The molecule has 0 saturated heterocycles. The summed E-state index contributed by atoms with van der Waals surface area (Å²) in [5.41, 5.74) is 5.89. The van der Waals surface area contributed by atoms with Gasteiger partial charge in [0.2, 0.25) is 11.8 Å². The average molecular weight is 597 g/mol. The van der Waals surface area contributed by atoms with Crippen molar-refractivity contribution < 1.29 is 9.53 Å². The normalized spacial score (nSPS) is 25.0. The van der Waals surface area contributed by atoms with Crippen LogP contribution in [0.1, 0.15) is 67.4 Å². The molecule has 0 spiro atoms. The van der Waals surface area contributed by atoms with Crippen LogP contribution in [0.2, 0.25) is 0 Å². The van der Waals surface area contributed by atoms with E-state index in [2.05, 4.69) is 57.8 Å². The Hall–Kier alpha value is -3.92. The molecule has 0 unspecified atom stereocenters. The van der Waals surface area contributed by atoms with Crippen molar-refractivity contribution in [3.05, 3.63) is 47.8 Å². The van der Waals surface area contributed by atoms with Crippen molar-refractivity contribution in [3.63, 3.8) is 0 Å².